The zero-order valence-electron chi connectivity index (χ0n) is 9.20. The number of rotatable bonds is 3. The minimum absolute atomic E-state index is 0.0659. The van der Waals surface area contributed by atoms with Crippen molar-refractivity contribution >= 4 is 17.5 Å². The second-order valence-electron chi connectivity index (χ2n) is 3.26. The van der Waals surface area contributed by atoms with Gasteiger partial charge in [0.25, 0.3) is 5.91 Å². The van der Waals surface area contributed by atoms with Crippen LogP contribution < -0.4 is 16.4 Å². The van der Waals surface area contributed by atoms with Crippen molar-refractivity contribution in [3.63, 3.8) is 0 Å². The number of pyridine rings is 1. The number of amides is 2. The van der Waals surface area contributed by atoms with E-state index in [0.29, 0.717) is 16.9 Å². The van der Waals surface area contributed by atoms with Crippen LogP contribution in [0.25, 0.3) is 0 Å². The number of nitrogens with zero attached hydrogens (tertiary/aromatic N) is 1. The zero-order chi connectivity index (χ0) is 12.1. The molecule has 0 aliphatic heterocycles. The third-order valence-electron chi connectivity index (χ3n) is 2.04. The number of nitrogen functional groups attached to an aromatic ring is 1. The largest absolute Gasteiger partial charge is 0.397 e. The van der Waals surface area contributed by atoms with E-state index in [1.165, 1.54) is 19.3 Å². The number of hydrogen-bond donors (Lipinski definition) is 3. The summed E-state index contributed by atoms with van der Waals surface area (Å²) in [6.45, 7) is 1.64. The Bertz CT molecular complexity index is 417. The van der Waals surface area contributed by atoms with Crippen LogP contribution in [0.15, 0.2) is 12.3 Å². The van der Waals surface area contributed by atoms with Gasteiger partial charge in [-0.15, -0.1) is 0 Å². The lowest BCUT2D eigenvalue weighted by molar-refractivity contribution is -0.119. The minimum atomic E-state index is -0.360. The Kier molecular flexibility index (Phi) is 3.82. The molecule has 1 heterocycles. The molecule has 0 spiro atoms. The van der Waals surface area contributed by atoms with Crippen molar-refractivity contribution in [2.45, 2.75) is 6.92 Å². The minimum Gasteiger partial charge on any atom is -0.397 e. The van der Waals surface area contributed by atoms with E-state index in [1.807, 2.05) is 0 Å². The predicted octanol–water partition coefficient (Wildman–Crippen LogP) is -0.552. The molecule has 6 nitrogen and oxygen atoms in total. The smallest absolute Gasteiger partial charge is 0.253 e. The van der Waals surface area contributed by atoms with E-state index in [2.05, 4.69) is 15.6 Å². The molecular weight excluding hydrogens is 208 g/mol. The molecule has 0 saturated heterocycles. The number of anilines is 1. The first-order valence-corrected chi connectivity index (χ1v) is 4.75. The van der Waals surface area contributed by atoms with Gasteiger partial charge in [0, 0.05) is 7.05 Å². The summed E-state index contributed by atoms with van der Waals surface area (Å²) < 4.78 is 0. The summed E-state index contributed by atoms with van der Waals surface area (Å²) in [5.74, 6) is -0.622. The van der Waals surface area contributed by atoms with E-state index < -0.39 is 0 Å². The lowest BCUT2D eigenvalue weighted by Crippen LogP contribution is -2.35. The highest BCUT2D eigenvalue weighted by molar-refractivity contribution is 5.97. The average molecular weight is 222 g/mol. The molecule has 0 unspecified atom stereocenters. The molecule has 1 aromatic rings. The summed E-state index contributed by atoms with van der Waals surface area (Å²) >= 11 is 0. The first-order chi connectivity index (χ1) is 7.54. The highest BCUT2D eigenvalue weighted by Crippen LogP contribution is 2.08. The summed E-state index contributed by atoms with van der Waals surface area (Å²) in [6.07, 6.45) is 1.48. The van der Waals surface area contributed by atoms with E-state index in [1.54, 1.807) is 6.92 Å². The van der Waals surface area contributed by atoms with Crippen molar-refractivity contribution in [2.75, 3.05) is 19.3 Å². The molecule has 0 aliphatic rings. The monoisotopic (exact) mass is 222 g/mol. The Morgan fingerprint density at radius 1 is 1.50 bits per heavy atom. The third kappa shape index (κ3) is 2.94. The third-order valence-corrected chi connectivity index (χ3v) is 2.04. The van der Waals surface area contributed by atoms with Gasteiger partial charge in [-0.3, -0.25) is 14.6 Å². The molecule has 6 heteroatoms. The molecule has 0 radical (unpaired) electrons. The summed E-state index contributed by atoms with van der Waals surface area (Å²) in [7, 11) is 1.50. The quantitative estimate of drug-likeness (QED) is 0.639. The topological polar surface area (TPSA) is 97.1 Å². The van der Waals surface area contributed by atoms with Crippen LogP contribution in [0, 0.1) is 6.92 Å². The molecule has 0 aliphatic carbocycles. The molecule has 16 heavy (non-hydrogen) atoms. The van der Waals surface area contributed by atoms with Crippen LogP contribution in [0.1, 0.15) is 16.1 Å². The highest BCUT2D eigenvalue weighted by Gasteiger charge is 2.11. The molecule has 86 valence electrons. The highest BCUT2D eigenvalue weighted by atomic mass is 16.2. The van der Waals surface area contributed by atoms with Crippen molar-refractivity contribution < 1.29 is 9.59 Å². The maximum atomic E-state index is 11.7. The van der Waals surface area contributed by atoms with E-state index in [4.69, 9.17) is 5.73 Å². The maximum Gasteiger partial charge on any atom is 0.253 e. The lowest BCUT2D eigenvalue weighted by Gasteiger charge is -2.06. The van der Waals surface area contributed by atoms with Crippen LogP contribution in [0.3, 0.4) is 0 Å². The first-order valence-electron chi connectivity index (χ1n) is 4.75. The fraction of sp³-hybridized carbons (Fsp3) is 0.300. The van der Waals surface area contributed by atoms with Crippen molar-refractivity contribution in [2.24, 2.45) is 0 Å². The molecular formula is C10H14N4O2. The first kappa shape index (κ1) is 12.0. The van der Waals surface area contributed by atoms with Gasteiger partial charge in [0.2, 0.25) is 5.91 Å². The summed E-state index contributed by atoms with van der Waals surface area (Å²) in [5.41, 5.74) is 6.89. The Morgan fingerprint density at radius 2 is 2.19 bits per heavy atom. The lowest BCUT2D eigenvalue weighted by atomic mass is 10.2. The average Bonchev–Trinajstić information content (AvgIpc) is 2.28. The fourth-order valence-electron chi connectivity index (χ4n) is 1.12. The van der Waals surface area contributed by atoms with Gasteiger partial charge in [0.05, 0.1) is 29.7 Å². The van der Waals surface area contributed by atoms with Gasteiger partial charge in [0.15, 0.2) is 0 Å². The molecule has 0 saturated carbocycles. The standard InChI is InChI=1S/C10H14N4O2/c1-6-8(3-7(11)4-13-6)10(16)14-5-9(15)12-2/h3-4H,5,11H2,1-2H3,(H,12,15)(H,14,16). The number of nitrogens with one attached hydrogen (secondary N) is 2. The second kappa shape index (κ2) is 5.11. The van der Waals surface area contributed by atoms with Crippen LogP contribution in [0.4, 0.5) is 5.69 Å². The number of aromatic nitrogens is 1. The molecule has 1 aromatic heterocycles. The summed E-state index contributed by atoms with van der Waals surface area (Å²) in [5, 5.41) is 4.87. The molecule has 0 aromatic carbocycles. The number of aryl methyl sites for hydroxylation is 1. The Hall–Kier alpha value is -2.11. The normalized spacial score (nSPS) is 9.62. The van der Waals surface area contributed by atoms with Crippen molar-refractivity contribution in [3.8, 4) is 0 Å². The Balaban J connectivity index is 2.73. The van der Waals surface area contributed by atoms with Crippen molar-refractivity contribution in [1.82, 2.24) is 15.6 Å². The molecule has 0 atom stereocenters. The maximum absolute atomic E-state index is 11.7. The molecule has 1 rings (SSSR count). The van der Waals surface area contributed by atoms with Gasteiger partial charge in [-0.25, -0.2) is 0 Å². The predicted molar refractivity (Wildman–Crippen MR) is 59.8 cm³/mol. The van der Waals surface area contributed by atoms with Crippen LogP contribution in [-0.4, -0.2) is 30.4 Å². The van der Waals surface area contributed by atoms with Crippen molar-refractivity contribution in [1.29, 1.82) is 0 Å². The van der Waals surface area contributed by atoms with Gasteiger partial charge >= 0.3 is 0 Å². The molecule has 0 fully saturated rings. The number of carbonyl (C=O) groups is 2. The SMILES string of the molecule is CNC(=O)CNC(=O)c1cc(N)cnc1C. The number of likely N-dealkylation sites (N-methyl/N-ethyl adjacent to an activating group) is 1. The zero-order valence-corrected chi connectivity index (χ0v) is 9.20. The summed E-state index contributed by atoms with van der Waals surface area (Å²) in [4.78, 5) is 26.5. The van der Waals surface area contributed by atoms with Crippen LogP contribution in [-0.2, 0) is 4.79 Å². The number of hydrogen-bond acceptors (Lipinski definition) is 4. The molecule has 0 bridgehead atoms. The van der Waals surface area contributed by atoms with Crippen molar-refractivity contribution in [3.05, 3.63) is 23.5 Å². The van der Waals surface area contributed by atoms with E-state index in [-0.39, 0.29) is 18.4 Å². The molecule has 4 N–H and O–H groups in total. The Morgan fingerprint density at radius 3 is 2.81 bits per heavy atom. The van der Waals surface area contributed by atoms with Crippen LogP contribution in [0.2, 0.25) is 0 Å². The fourth-order valence-corrected chi connectivity index (χ4v) is 1.12. The van der Waals surface area contributed by atoms with E-state index in [0.717, 1.165) is 0 Å². The van der Waals surface area contributed by atoms with Gasteiger partial charge in [-0.05, 0) is 13.0 Å². The van der Waals surface area contributed by atoms with Gasteiger partial charge in [0.1, 0.15) is 0 Å². The summed E-state index contributed by atoms with van der Waals surface area (Å²) in [6, 6.07) is 1.53. The Labute approximate surface area is 93.2 Å². The van der Waals surface area contributed by atoms with E-state index >= 15 is 0 Å². The van der Waals surface area contributed by atoms with Crippen LogP contribution in [0.5, 0.6) is 0 Å². The van der Waals surface area contributed by atoms with Gasteiger partial charge in [-0.2, -0.15) is 0 Å². The van der Waals surface area contributed by atoms with E-state index in [9.17, 15) is 9.59 Å². The number of carbonyl (C=O) groups excluding carboxylic acids is 2. The van der Waals surface area contributed by atoms with Gasteiger partial charge in [-0.1, -0.05) is 0 Å². The number of nitrogens with two attached hydrogens (primary N) is 1. The second-order valence-corrected chi connectivity index (χ2v) is 3.26. The van der Waals surface area contributed by atoms with Gasteiger partial charge < -0.3 is 16.4 Å². The van der Waals surface area contributed by atoms with Crippen LogP contribution >= 0.6 is 0 Å². The molecule has 2 amide bonds.